The normalized spacial score (nSPS) is 24.7. The van der Waals surface area contributed by atoms with Crippen molar-refractivity contribution in [1.29, 1.82) is 0 Å². The fourth-order valence-corrected chi connectivity index (χ4v) is 3.99. The summed E-state index contributed by atoms with van der Waals surface area (Å²) in [6, 6.07) is 0.370. The first-order chi connectivity index (χ1) is 12.7. The molecule has 26 heavy (non-hydrogen) atoms. The smallest absolute Gasteiger partial charge is 0.234 e. The van der Waals surface area contributed by atoms with Gasteiger partial charge in [0.2, 0.25) is 5.91 Å². The van der Waals surface area contributed by atoms with Gasteiger partial charge >= 0.3 is 0 Å². The summed E-state index contributed by atoms with van der Waals surface area (Å²) in [5, 5.41) is 3.22. The van der Waals surface area contributed by atoms with Crippen molar-refractivity contribution in [2.24, 2.45) is 5.92 Å². The summed E-state index contributed by atoms with van der Waals surface area (Å²) in [5.41, 5.74) is 1.57. The summed E-state index contributed by atoms with van der Waals surface area (Å²) in [6.07, 6.45) is 7.90. The second-order valence-corrected chi connectivity index (χ2v) is 7.59. The molecule has 1 saturated heterocycles. The molecule has 2 aliphatic rings. The zero-order valence-corrected chi connectivity index (χ0v) is 15.3. The van der Waals surface area contributed by atoms with Gasteiger partial charge in [-0.1, -0.05) is 6.92 Å². The van der Waals surface area contributed by atoms with Gasteiger partial charge in [0.15, 0.2) is 11.5 Å². The molecule has 8 nitrogen and oxygen atoms in total. The number of nitrogens with zero attached hydrogens (tertiary/aromatic N) is 5. The van der Waals surface area contributed by atoms with Crippen LogP contribution in [-0.4, -0.2) is 69.5 Å². The number of carbonyl (C=O) groups excluding carboxylic acids is 1. The minimum atomic E-state index is 0.163. The topological polar surface area (TPSA) is 90.0 Å². The van der Waals surface area contributed by atoms with E-state index in [0.29, 0.717) is 18.2 Å². The van der Waals surface area contributed by atoms with Crippen molar-refractivity contribution >= 4 is 22.9 Å². The van der Waals surface area contributed by atoms with E-state index in [0.717, 1.165) is 56.3 Å². The van der Waals surface area contributed by atoms with Crippen LogP contribution in [-0.2, 0) is 4.79 Å². The summed E-state index contributed by atoms with van der Waals surface area (Å²) in [5.74, 6) is 1.86. The van der Waals surface area contributed by atoms with E-state index in [1.54, 1.807) is 12.7 Å². The molecule has 1 aliphatic carbocycles. The molecule has 2 fully saturated rings. The van der Waals surface area contributed by atoms with Crippen LogP contribution in [0.15, 0.2) is 12.7 Å². The third-order valence-electron chi connectivity index (χ3n) is 5.62. The van der Waals surface area contributed by atoms with Crippen LogP contribution in [0.3, 0.4) is 0 Å². The maximum absolute atomic E-state index is 12.4. The Kier molecular flexibility index (Phi) is 5.01. The Morgan fingerprint density at radius 1 is 1.15 bits per heavy atom. The molecule has 1 aliphatic heterocycles. The number of H-pyrrole nitrogens is 1. The lowest BCUT2D eigenvalue weighted by atomic mass is 9.87. The van der Waals surface area contributed by atoms with Gasteiger partial charge in [-0.05, 0) is 31.6 Å². The molecule has 0 radical (unpaired) electrons. The van der Waals surface area contributed by atoms with Gasteiger partial charge in [-0.15, -0.1) is 0 Å². The molecule has 1 saturated carbocycles. The number of hydrogen-bond acceptors (Lipinski definition) is 6. The molecule has 2 aromatic heterocycles. The minimum absolute atomic E-state index is 0.163. The number of hydrogen-bond donors (Lipinski definition) is 2. The Balaban J connectivity index is 1.27. The second kappa shape index (κ2) is 7.57. The highest BCUT2D eigenvalue weighted by Crippen LogP contribution is 2.23. The average molecular weight is 357 g/mol. The van der Waals surface area contributed by atoms with Crippen LogP contribution < -0.4 is 10.2 Å². The van der Waals surface area contributed by atoms with Gasteiger partial charge in [0.25, 0.3) is 0 Å². The molecule has 8 heteroatoms. The predicted octanol–water partition coefficient (Wildman–Crippen LogP) is 1.17. The van der Waals surface area contributed by atoms with Gasteiger partial charge in [0.1, 0.15) is 11.8 Å². The highest BCUT2D eigenvalue weighted by molar-refractivity contribution is 5.82. The quantitative estimate of drug-likeness (QED) is 0.854. The summed E-state index contributed by atoms with van der Waals surface area (Å²) in [7, 11) is 0. The minimum Gasteiger partial charge on any atom is -0.352 e. The molecule has 4 rings (SSSR count). The maximum Gasteiger partial charge on any atom is 0.234 e. The van der Waals surface area contributed by atoms with Crippen molar-refractivity contribution in [1.82, 2.24) is 30.2 Å². The molecule has 2 N–H and O–H groups in total. The van der Waals surface area contributed by atoms with Crippen molar-refractivity contribution < 1.29 is 4.79 Å². The Hall–Kier alpha value is -2.22. The van der Waals surface area contributed by atoms with Gasteiger partial charge in [0, 0.05) is 32.2 Å². The molecule has 2 aromatic rings. The van der Waals surface area contributed by atoms with Crippen molar-refractivity contribution in [2.75, 3.05) is 37.6 Å². The van der Waals surface area contributed by atoms with Crippen LogP contribution in [0.5, 0.6) is 0 Å². The summed E-state index contributed by atoms with van der Waals surface area (Å²) in [6.45, 7) is 6.19. The van der Waals surface area contributed by atoms with Gasteiger partial charge in [-0.2, -0.15) is 0 Å². The first kappa shape index (κ1) is 17.2. The number of imidazole rings is 1. The molecule has 0 atom stereocenters. The van der Waals surface area contributed by atoms with Crippen LogP contribution >= 0.6 is 0 Å². The van der Waals surface area contributed by atoms with E-state index >= 15 is 0 Å². The fourth-order valence-electron chi connectivity index (χ4n) is 3.99. The van der Waals surface area contributed by atoms with Crippen LogP contribution in [0, 0.1) is 5.92 Å². The monoisotopic (exact) mass is 357 g/mol. The number of aromatic nitrogens is 4. The number of carbonyl (C=O) groups is 1. The van der Waals surface area contributed by atoms with Gasteiger partial charge in [-0.3, -0.25) is 9.69 Å². The largest absolute Gasteiger partial charge is 0.352 e. The average Bonchev–Trinajstić information content (AvgIpc) is 3.13. The summed E-state index contributed by atoms with van der Waals surface area (Å²) >= 11 is 0. The molecule has 140 valence electrons. The van der Waals surface area contributed by atoms with Gasteiger partial charge in [0.05, 0.1) is 12.9 Å². The standard InChI is InChI=1S/C18H27N7O/c1-13-2-4-14(5-3-13)23-15(26)10-24-6-8-25(9-7-24)18-16-17(20-11-19-16)21-12-22-18/h11-14H,2-10H2,1H3,(H,23,26)(H,19,20,21,22). The molecule has 0 bridgehead atoms. The number of piperazine rings is 1. The molecule has 3 heterocycles. The lowest BCUT2D eigenvalue weighted by molar-refractivity contribution is -0.123. The third-order valence-corrected chi connectivity index (χ3v) is 5.62. The number of nitrogens with one attached hydrogen (secondary N) is 2. The Bertz CT molecular complexity index is 745. The third kappa shape index (κ3) is 3.80. The zero-order chi connectivity index (χ0) is 17.9. The zero-order valence-electron chi connectivity index (χ0n) is 15.3. The predicted molar refractivity (Wildman–Crippen MR) is 99.9 cm³/mol. The molecular formula is C18H27N7O. The lowest BCUT2D eigenvalue weighted by Gasteiger charge is -2.35. The Morgan fingerprint density at radius 2 is 1.92 bits per heavy atom. The molecule has 0 unspecified atom stereocenters. The maximum atomic E-state index is 12.4. The van der Waals surface area contributed by atoms with Crippen LogP contribution in [0.4, 0.5) is 5.82 Å². The van der Waals surface area contributed by atoms with E-state index in [1.165, 1.54) is 12.8 Å². The number of rotatable bonds is 4. The van der Waals surface area contributed by atoms with E-state index in [2.05, 4.69) is 42.0 Å². The summed E-state index contributed by atoms with van der Waals surface area (Å²) < 4.78 is 0. The Labute approximate surface area is 153 Å². The molecular weight excluding hydrogens is 330 g/mol. The number of aromatic amines is 1. The van der Waals surface area contributed by atoms with Crippen LogP contribution in [0.2, 0.25) is 0 Å². The SMILES string of the molecule is CC1CCC(NC(=O)CN2CCN(c3ncnc4nc[nH]c34)CC2)CC1. The van der Waals surface area contributed by atoms with Crippen molar-refractivity contribution in [3.05, 3.63) is 12.7 Å². The molecule has 1 amide bonds. The van der Waals surface area contributed by atoms with Gasteiger partial charge < -0.3 is 15.2 Å². The number of anilines is 1. The van der Waals surface area contributed by atoms with E-state index in [4.69, 9.17) is 0 Å². The molecule has 0 aromatic carbocycles. The van der Waals surface area contributed by atoms with Crippen LogP contribution in [0.25, 0.3) is 11.2 Å². The van der Waals surface area contributed by atoms with E-state index in [-0.39, 0.29) is 5.91 Å². The van der Waals surface area contributed by atoms with Gasteiger partial charge in [-0.25, -0.2) is 15.0 Å². The summed E-state index contributed by atoms with van der Waals surface area (Å²) in [4.78, 5) is 32.7. The van der Waals surface area contributed by atoms with E-state index in [1.807, 2.05) is 0 Å². The van der Waals surface area contributed by atoms with E-state index < -0.39 is 0 Å². The second-order valence-electron chi connectivity index (χ2n) is 7.59. The highest BCUT2D eigenvalue weighted by atomic mass is 16.2. The van der Waals surface area contributed by atoms with E-state index in [9.17, 15) is 4.79 Å². The van der Waals surface area contributed by atoms with Crippen molar-refractivity contribution in [2.45, 2.75) is 38.6 Å². The highest BCUT2D eigenvalue weighted by Gasteiger charge is 2.24. The molecule has 0 spiro atoms. The van der Waals surface area contributed by atoms with Crippen molar-refractivity contribution in [3.8, 4) is 0 Å². The van der Waals surface area contributed by atoms with Crippen molar-refractivity contribution in [3.63, 3.8) is 0 Å². The lowest BCUT2D eigenvalue weighted by Crippen LogP contribution is -2.51. The fraction of sp³-hybridized carbons (Fsp3) is 0.667. The van der Waals surface area contributed by atoms with Crippen LogP contribution in [0.1, 0.15) is 32.6 Å². The number of amides is 1. The Morgan fingerprint density at radius 3 is 2.69 bits per heavy atom. The first-order valence-corrected chi connectivity index (χ1v) is 9.60. The first-order valence-electron chi connectivity index (χ1n) is 9.60. The number of fused-ring (bicyclic) bond motifs is 1.